The topological polar surface area (TPSA) is 38.7 Å². The average molecular weight is 366 g/mol. The average Bonchev–Trinajstić information content (AvgIpc) is 2.51. The van der Waals surface area contributed by atoms with E-state index >= 15 is 0 Å². The summed E-state index contributed by atoms with van der Waals surface area (Å²) in [5.74, 6) is -1.55. The van der Waals surface area contributed by atoms with E-state index in [1.165, 1.54) is 6.07 Å². The molecule has 0 aliphatic rings. The molecule has 2 aromatic carbocycles. The van der Waals surface area contributed by atoms with Crippen LogP contribution >= 0.6 is 0 Å². The van der Waals surface area contributed by atoms with E-state index in [1.54, 1.807) is 24.3 Å². The Hall–Kier alpha value is -2.42. The van der Waals surface area contributed by atoms with E-state index in [4.69, 9.17) is 5.11 Å². The Bertz CT molecular complexity index is 707. The molecule has 0 aliphatic heterocycles. The molecule has 1 N–H and O–H groups in total. The Morgan fingerprint density at radius 2 is 1.40 bits per heavy atom. The normalized spacial score (nSPS) is 12.1. The highest BCUT2D eigenvalue weighted by Gasteiger charge is 2.34. The van der Waals surface area contributed by atoms with Gasteiger partial charge in [-0.2, -0.15) is 13.2 Å². The first-order valence-electron chi connectivity index (χ1n) is 6.87. The Balaban J connectivity index is 2.34. The molecule has 0 saturated carbocycles. The number of halogens is 6. The molecule has 0 fully saturated rings. The van der Waals surface area contributed by atoms with Crippen LogP contribution in [0.5, 0.6) is 11.5 Å². The van der Waals surface area contributed by atoms with Crippen molar-refractivity contribution >= 4 is 0 Å². The van der Waals surface area contributed by atoms with E-state index in [1.807, 2.05) is 0 Å². The van der Waals surface area contributed by atoms with Gasteiger partial charge in [-0.15, -0.1) is 13.2 Å². The van der Waals surface area contributed by atoms with Gasteiger partial charge in [0.05, 0.1) is 6.61 Å². The number of hydrogen-bond acceptors (Lipinski definition) is 3. The molecule has 0 atom stereocenters. The molecule has 0 amide bonds. The van der Waals surface area contributed by atoms with Crippen LogP contribution in [0.4, 0.5) is 26.3 Å². The maximum Gasteiger partial charge on any atom is 0.573 e. The summed E-state index contributed by atoms with van der Waals surface area (Å²) in [6, 6.07) is 9.45. The second-order valence-corrected chi connectivity index (χ2v) is 4.97. The molecule has 2 aromatic rings. The maximum atomic E-state index is 12.5. The maximum absolute atomic E-state index is 12.5. The van der Waals surface area contributed by atoms with Crippen LogP contribution in [0.2, 0.25) is 0 Å². The zero-order valence-corrected chi connectivity index (χ0v) is 12.5. The van der Waals surface area contributed by atoms with Gasteiger partial charge in [0.25, 0.3) is 0 Å². The Morgan fingerprint density at radius 3 is 1.92 bits per heavy atom. The number of ether oxygens (including phenoxy) is 2. The van der Waals surface area contributed by atoms with Crippen LogP contribution in [-0.2, 0) is 6.61 Å². The minimum absolute atomic E-state index is 0.201. The zero-order valence-electron chi connectivity index (χ0n) is 12.5. The Kier molecular flexibility index (Phi) is 5.46. The molecule has 0 heterocycles. The zero-order chi connectivity index (χ0) is 18.7. The second-order valence-electron chi connectivity index (χ2n) is 4.97. The van der Waals surface area contributed by atoms with Gasteiger partial charge in [-0.05, 0) is 28.8 Å². The van der Waals surface area contributed by atoms with Gasteiger partial charge in [-0.3, -0.25) is 0 Å². The second kappa shape index (κ2) is 7.22. The van der Waals surface area contributed by atoms with Crippen LogP contribution in [0.3, 0.4) is 0 Å². The van der Waals surface area contributed by atoms with Crippen molar-refractivity contribution in [3.05, 3.63) is 48.0 Å². The highest BCUT2D eigenvalue weighted by molar-refractivity contribution is 5.67. The third kappa shape index (κ3) is 5.86. The lowest BCUT2D eigenvalue weighted by Gasteiger charge is -2.16. The molecular weight excluding hydrogens is 354 g/mol. The van der Waals surface area contributed by atoms with Crippen LogP contribution in [0, 0.1) is 0 Å². The number of aliphatic hydroxyl groups excluding tert-OH is 1. The number of alkyl halides is 6. The van der Waals surface area contributed by atoms with E-state index in [0.29, 0.717) is 11.1 Å². The van der Waals surface area contributed by atoms with Crippen molar-refractivity contribution in [1.29, 1.82) is 0 Å². The largest absolute Gasteiger partial charge is 0.573 e. The van der Waals surface area contributed by atoms with E-state index < -0.39 is 30.6 Å². The summed E-state index contributed by atoms with van der Waals surface area (Å²) < 4.78 is 82.3. The van der Waals surface area contributed by atoms with E-state index in [9.17, 15) is 26.3 Å². The van der Waals surface area contributed by atoms with Crippen LogP contribution in [0.25, 0.3) is 11.1 Å². The van der Waals surface area contributed by atoms with Crippen molar-refractivity contribution < 1.29 is 40.9 Å². The van der Waals surface area contributed by atoms with Crippen molar-refractivity contribution in [2.45, 2.75) is 19.1 Å². The predicted molar refractivity (Wildman–Crippen MR) is 76.0 cm³/mol. The summed E-state index contributed by atoms with van der Waals surface area (Å²) in [5, 5.41) is 8.98. The van der Waals surface area contributed by atoms with Gasteiger partial charge in [0, 0.05) is 0 Å². The van der Waals surface area contributed by atoms with E-state index in [-0.39, 0.29) is 12.2 Å². The number of benzene rings is 2. The Morgan fingerprint density at radius 1 is 0.800 bits per heavy atom. The summed E-state index contributed by atoms with van der Waals surface area (Å²) in [6.07, 6.45) is -9.79. The number of aliphatic hydroxyl groups is 1. The SMILES string of the molecule is OCc1ccc(-c2ccc(OCC(F)(F)F)c(OC(F)(F)F)c2)cc1. The first kappa shape index (κ1) is 18.9. The molecule has 0 saturated heterocycles. The van der Waals surface area contributed by atoms with Crippen LogP contribution < -0.4 is 9.47 Å². The predicted octanol–water partition coefficient (Wildman–Crippen LogP) is 4.69. The molecule has 0 spiro atoms. The quantitative estimate of drug-likeness (QED) is 0.781. The highest BCUT2D eigenvalue weighted by atomic mass is 19.4. The van der Waals surface area contributed by atoms with E-state index in [2.05, 4.69) is 9.47 Å². The van der Waals surface area contributed by atoms with Crippen molar-refractivity contribution in [2.24, 2.45) is 0 Å². The third-order valence-corrected chi connectivity index (χ3v) is 3.03. The molecule has 9 heteroatoms. The summed E-state index contributed by atoms with van der Waals surface area (Å²) in [6.45, 7) is -1.95. The molecule has 136 valence electrons. The third-order valence-electron chi connectivity index (χ3n) is 3.03. The lowest BCUT2D eigenvalue weighted by Crippen LogP contribution is -2.21. The van der Waals surface area contributed by atoms with Gasteiger partial charge in [0.1, 0.15) is 0 Å². The fourth-order valence-electron chi connectivity index (χ4n) is 1.97. The Labute approximate surface area is 138 Å². The lowest BCUT2D eigenvalue weighted by molar-refractivity contribution is -0.275. The molecular formula is C16H12F6O3. The first-order valence-corrected chi connectivity index (χ1v) is 6.87. The minimum Gasteiger partial charge on any atom is -0.480 e. The standard InChI is InChI=1S/C16H12F6O3/c17-15(18,19)9-24-13-6-5-12(7-14(13)25-16(20,21)22)11-3-1-10(8-23)2-4-11/h1-7,23H,8-9H2. The van der Waals surface area contributed by atoms with Gasteiger partial charge < -0.3 is 14.6 Å². The van der Waals surface area contributed by atoms with Crippen molar-refractivity contribution in [3.8, 4) is 22.6 Å². The monoisotopic (exact) mass is 366 g/mol. The van der Waals surface area contributed by atoms with Gasteiger partial charge in [0.2, 0.25) is 0 Å². The molecule has 0 radical (unpaired) electrons. The summed E-state index contributed by atoms with van der Waals surface area (Å²) in [4.78, 5) is 0. The van der Waals surface area contributed by atoms with Crippen molar-refractivity contribution in [3.63, 3.8) is 0 Å². The first-order chi connectivity index (χ1) is 11.6. The minimum atomic E-state index is -5.09. The van der Waals surface area contributed by atoms with Gasteiger partial charge in [-0.1, -0.05) is 30.3 Å². The van der Waals surface area contributed by atoms with Gasteiger partial charge in [0.15, 0.2) is 18.1 Å². The summed E-state index contributed by atoms with van der Waals surface area (Å²) in [7, 11) is 0. The van der Waals surface area contributed by atoms with Crippen LogP contribution in [-0.4, -0.2) is 24.3 Å². The van der Waals surface area contributed by atoms with Crippen molar-refractivity contribution in [1.82, 2.24) is 0 Å². The fraction of sp³-hybridized carbons (Fsp3) is 0.250. The van der Waals surface area contributed by atoms with Crippen LogP contribution in [0.15, 0.2) is 42.5 Å². The van der Waals surface area contributed by atoms with Gasteiger partial charge in [-0.25, -0.2) is 0 Å². The molecule has 0 bridgehead atoms. The molecule has 0 aliphatic carbocycles. The molecule has 0 aromatic heterocycles. The number of rotatable bonds is 5. The molecule has 3 nitrogen and oxygen atoms in total. The van der Waals surface area contributed by atoms with Gasteiger partial charge >= 0.3 is 12.5 Å². The molecule has 2 rings (SSSR count). The summed E-state index contributed by atoms with van der Waals surface area (Å²) in [5.41, 5.74) is 1.37. The van der Waals surface area contributed by atoms with Crippen molar-refractivity contribution in [2.75, 3.05) is 6.61 Å². The number of hydrogen-bond donors (Lipinski definition) is 1. The summed E-state index contributed by atoms with van der Waals surface area (Å²) >= 11 is 0. The van der Waals surface area contributed by atoms with Crippen LogP contribution in [0.1, 0.15) is 5.56 Å². The fourth-order valence-corrected chi connectivity index (χ4v) is 1.97. The molecule has 25 heavy (non-hydrogen) atoms. The molecule has 0 unspecified atom stereocenters. The smallest absolute Gasteiger partial charge is 0.480 e. The lowest BCUT2D eigenvalue weighted by atomic mass is 10.0. The highest BCUT2D eigenvalue weighted by Crippen LogP contribution is 2.37. The van der Waals surface area contributed by atoms with E-state index in [0.717, 1.165) is 12.1 Å².